The smallest absolute Gasteiger partial charge is 0.306 e. The van der Waals surface area contributed by atoms with Gasteiger partial charge < -0.3 is 14.2 Å². The van der Waals surface area contributed by atoms with Gasteiger partial charge in [-0.15, -0.1) is 0 Å². The minimum absolute atomic E-state index is 0.105. The van der Waals surface area contributed by atoms with Crippen molar-refractivity contribution in [2.45, 2.75) is 271 Å². The van der Waals surface area contributed by atoms with E-state index in [9.17, 15) is 14.4 Å². The summed E-state index contributed by atoms with van der Waals surface area (Å²) in [6, 6.07) is 0. The Kier molecular flexibility index (Phi) is 59.9. The maximum Gasteiger partial charge on any atom is 0.306 e. The largest absolute Gasteiger partial charge is 0.462 e. The molecule has 0 heterocycles. The lowest BCUT2D eigenvalue weighted by Crippen LogP contribution is -2.30. The molecule has 0 aromatic carbocycles. The van der Waals surface area contributed by atoms with E-state index in [-0.39, 0.29) is 31.1 Å². The van der Waals surface area contributed by atoms with Gasteiger partial charge in [-0.25, -0.2) is 0 Å². The first-order chi connectivity index (χ1) is 38.0. The van der Waals surface area contributed by atoms with Crippen LogP contribution in [0.2, 0.25) is 0 Å². The predicted octanol–water partition coefficient (Wildman–Crippen LogP) is 21.5. The zero-order valence-electron chi connectivity index (χ0n) is 49.7. The number of ether oxygens (including phenoxy) is 3. The summed E-state index contributed by atoms with van der Waals surface area (Å²) < 4.78 is 16.9. The van der Waals surface area contributed by atoms with Crippen LogP contribution in [0.1, 0.15) is 265 Å². The van der Waals surface area contributed by atoms with Crippen LogP contribution < -0.4 is 0 Å². The second kappa shape index (κ2) is 63.8. The van der Waals surface area contributed by atoms with Gasteiger partial charge in [-0.05, 0) is 141 Å². The van der Waals surface area contributed by atoms with Crippen LogP contribution in [0.3, 0.4) is 0 Å². The van der Waals surface area contributed by atoms with Crippen LogP contribution in [0.5, 0.6) is 0 Å². The molecule has 434 valence electrons. The monoisotopic (exact) mass is 1060 g/mol. The lowest BCUT2D eigenvalue weighted by atomic mass is 10.1. The third kappa shape index (κ3) is 62.0. The Hall–Kier alpha value is -4.71. The summed E-state index contributed by atoms with van der Waals surface area (Å²) in [4.78, 5) is 38.3. The molecule has 0 spiro atoms. The van der Waals surface area contributed by atoms with Gasteiger partial charge >= 0.3 is 17.9 Å². The molecule has 77 heavy (non-hydrogen) atoms. The van der Waals surface area contributed by atoms with E-state index in [0.717, 1.165) is 135 Å². The Morgan fingerprint density at radius 3 is 0.818 bits per heavy atom. The van der Waals surface area contributed by atoms with E-state index in [1.165, 1.54) is 83.5 Å². The van der Waals surface area contributed by atoms with Crippen molar-refractivity contribution in [3.8, 4) is 0 Å². The first kappa shape index (κ1) is 72.3. The van der Waals surface area contributed by atoms with Gasteiger partial charge in [0.1, 0.15) is 13.2 Å². The summed E-state index contributed by atoms with van der Waals surface area (Å²) in [6.07, 6.45) is 91.2. The van der Waals surface area contributed by atoms with Crippen molar-refractivity contribution in [2.75, 3.05) is 13.2 Å². The fraction of sp³-hybridized carbons (Fsp3) is 0.620. The van der Waals surface area contributed by atoms with Crippen molar-refractivity contribution in [3.05, 3.63) is 146 Å². The third-order valence-corrected chi connectivity index (χ3v) is 12.8. The molecule has 0 aromatic rings. The molecule has 0 saturated carbocycles. The molecule has 6 nitrogen and oxygen atoms in total. The van der Waals surface area contributed by atoms with Crippen LogP contribution in [-0.4, -0.2) is 37.2 Å². The Bertz CT molecular complexity index is 1700. The first-order valence-corrected chi connectivity index (χ1v) is 31.3. The minimum atomic E-state index is -0.812. The molecule has 6 heteroatoms. The molecule has 1 unspecified atom stereocenters. The zero-order valence-corrected chi connectivity index (χ0v) is 49.7. The first-order valence-electron chi connectivity index (χ1n) is 31.3. The van der Waals surface area contributed by atoms with E-state index in [1.807, 2.05) is 0 Å². The normalized spacial score (nSPS) is 13.1. The maximum atomic E-state index is 12.9. The number of hydrogen-bond acceptors (Lipinski definition) is 6. The summed E-state index contributed by atoms with van der Waals surface area (Å²) in [6.45, 7) is 6.34. The van der Waals surface area contributed by atoms with Crippen LogP contribution >= 0.6 is 0 Å². The number of carbonyl (C=O) groups is 3. The third-order valence-electron chi connectivity index (χ3n) is 12.8. The predicted molar refractivity (Wildman–Crippen MR) is 334 cm³/mol. The summed E-state index contributed by atoms with van der Waals surface area (Å²) >= 11 is 0. The van der Waals surface area contributed by atoms with E-state index in [4.69, 9.17) is 14.2 Å². The van der Waals surface area contributed by atoms with E-state index in [0.29, 0.717) is 25.7 Å². The zero-order chi connectivity index (χ0) is 55.7. The number of unbranched alkanes of at least 4 members (excludes halogenated alkanes) is 20. The van der Waals surface area contributed by atoms with Gasteiger partial charge in [-0.3, -0.25) is 14.4 Å². The Morgan fingerprint density at radius 2 is 0.506 bits per heavy atom. The molecule has 0 bridgehead atoms. The van der Waals surface area contributed by atoms with E-state index >= 15 is 0 Å². The Morgan fingerprint density at radius 1 is 0.273 bits per heavy atom. The topological polar surface area (TPSA) is 78.9 Å². The molecular formula is C71H114O6. The number of allylic oxidation sites excluding steroid dienone is 24. The summed E-state index contributed by atoms with van der Waals surface area (Å²) in [5.41, 5.74) is 0. The molecule has 0 aliphatic carbocycles. The summed E-state index contributed by atoms with van der Waals surface area (Å²) in [7, 11) is 0. The average molecular weight is 1060 g/mol. The highest BCUT2D eigenvalue weighted by Crippen LogP contribution is 2.14. The van der Waals surface area contributed by atoms with Crippen molar-refractivity contribution in [3.63, 3.8) is 0 Å². The van der Waals surface area contributed by atoms with E-state index in [1.54, 1.807) is 0 Å². The second-order valence-electron chi connectivity index (χ2n) is 20.2. The van der Waals surface area contributed by atoms with Gasteiger partial charge in [0.2, 0.25) is 0 Å². The van der Waals surface area contributed by atoms with Crippen LogP contribution in [-0.2, 0) is 28.6 Å². The number of hydrogen-bond donors (Lipinski definition) is 0. The second-order valence-corrected chi connectivity index (χ2v) is 20.2. The molecule has 0 rings (SSSR count). The number of carbonyl (C=O) groups excluding carboxylic acids is 3. The molecule has 1 atom stereocenters. The van der Waals surface area contributed by atoms with Crippen LogP contribution in [0.15, 0.2) is 146 Å². The Labute approximate surface area is 474 Å². The lowest BCUT2D eigenvalue weighted by molar-refractivity contribution is -0.167. The maximum absolute atomic E-state index is 12.9. The highest BCUT2D eigenvalue weighted by Gasteiger charge is 2.19. The standard InChI is InChI=1S/C71H114O6/c1-4-7-10-13-16-19-22-25-28-31-33-35-37-40-43-46-49-52-55-58-61-64-70(73)76-67-68(66-75-69(72)63-60-57-54-51-48-45-42-39-30-27-24-21-18-15-12-9-6-3)77-71(74)65-62-59-56-53-50-47-44-41-38-36-34-32-29-26-23-20-17-14-11-8-5-2/h7-8,10-11,16-21,25-30,33-36,40,43,49,52,68H,4-6,9,12-15,22-24,31-32,37-39,41-42,44-48,50-51,53-67H2,1-3H3/b10-7-,11-8-,19-16-,20-17-,21-18-,28-25-,29-26-,30-27-,35-33-,36-34-,43-40-,52-49-. The van der Waals surface area contributed by atoms with E-state index in [2.05, 4.69) is 167 Å². The fourth-order valence-electron chi connectivity index (χ4n) is 8.17. The quantitative estimate of drug-likeness (QED) is 0.0261. The van der Waals surface area contributed by atoms with E-state index < -0.39 is 6.10 Å². The van der Waals surface area contributed by atoms with Gasteiger partial charge in [-0.2, -0.15) is 0 Å². The molecule has 0 radical (unpaired) electrons. The van der Waals surface area contributed by atoms with Gasteiger partial charge in [0.15, 0.2) is 6.10 Å². The van der Waals surface area contributed by atoms with Gasteiger partial charge in [0, 0.05) is 19.3 Å². The number of rotatable bonds is 55. The lowest BCUT2D eigenvalue weighted by Gasteiger charge is -2.18. The molecule has 0 aliphatic rings. The molecular weight excluding hydrogens is 949 g/mol. The molecule has 0 aromatic heterocycles. The van der Waals surface area contributed by atoms with Crippen molar-refractivity contribution < 1.29 is 28.6 Å². The molecule has 0 aliphatic heterocycles. The molecule has 0 saturated heterocycles. The van der Waals surface area contributed by atoms with Gasteiger partial charge in [0.05, 0.1) is 0 Å². The van der Waals surface area contributed by atoms with Crippen molar-refractivity contribution >= 4 is 17.9 Å². The van der Waals surface area contributed by atoms with Crippen LogP contribution in [0, 0.1) is 0 Å². The summed E-state index contributed by atoms with van der Waals surface area (Å²) in [5.74, 6) is -0.966. The van der Waals surface area contributed by atoms with Gasteiger partial charge in [-0.1, -0.05) is 250 Å². The Balaban J connectivity index is 4.52. The van der Waals surface area contributed by atoms with Crippen molar-refractivity contribution in [1.29, 1.82) is 0 Å². The van der Waals surface area contributed by atoms with Crippen molar-refractivity contribution in [1.82, 2.24) is 0 Å². The molecule has 0 fully saturated rings. The van der Waals surface area contributed by atoms with Crippen LogP contribution in [0.4, 0.5) is 0 Å². The van der Waals surface area contributed by atoms with Crippen molar-refractivity contribution in [2.24, 2.45) is 0 Å². The molecule has 0 amide bonds. The highest BCUT2D eigenvalue weighted by molar-refractivity contribution is 5.71. The van der Waals surface area contributed by atoms with Gasteiger partial charge in [0.25, 0.3) is 0 Å². The average Bonchev–Trinajstić information content (AvgIpc) is 3.43. The fourth-order valence-corrected chi connectivity index (χ4v) is 8.17. The number of esters is 3. The highest BCUT2D eigenvalue weighted by atomic mass is 16.6. The molecule has 0 N–H and O–H groups in total. The minimum Gasteiger partial charge on any atom is -0.462 e. The SMILES string of the molecule is CC/C=C\C/C=C\C/C=C\C/C=C\C/C=C\C/C=C\CCCCC(=O)OCC(COC(=O)CCCCCCCCC/C=C\C/C=C\CCCCC)OC(=O)CCCCCCCCCC/C=C\C/C=C\C/C=C\C/C=C\CC. The summed E-state index contributed by atoms with van der Waals surface area (Å²) in [5, 5.41) is 0. The van der Waals surface area contributed by atoms with Crippen LogP contribution in [0.25, 0.3) is 0 Å².